The van der Waals surface area contributed by atoms with Crippen molar-refractivity contribution in [3.05, 3.63) is 48.0 Å². The van der Waals surface area contributed by atoms with E-state index in [2.05, 4.69) is 26.0 Å². The number of carbonyl (C=O) groups is 1. The lowest BCUT2D eigenvalue weighted by atomic mass is 9.88. The molecule has 0 aromatic heterocycles. The number of ketones is 1. The van der Waals surface area contributed by atoms with E-state index in [1.807, 2.05) is 24.3 Å². The van der Waals surface area contributed by atoms with Crippen molar-refractivity contribution < 1.29 is 4.79 Å². The van der Waals surface area contributed by atoms with Crippen molar-refractivity contribution >= 4 is 5.78 Å². The van der Waals surface area contributed by atoms with Crippen LogP contribution in [0.3, 0.4) is 0 Å². The fraction of sp³-hybridized carbons (Fsp3) is 0.357. The Balaban J connectivity index is 2.89. The number of hydrogen-bond donors (Lipinski definition) is 0. The van der Waals surface area contributed by atoms with Crippen LogP contribution in [-0.4, -0.2) is 5.78 Å². The summed E-state index contributed by atoms with van der Waals surface area (Å²) in [5, 5.41) is 0. The molecule has 15 heavy (non-hydrogen) atoms. The maximum Gasteiger partial charge on any atom is 0.152 e. The van der Waals surface area contributed by atoms with E-state index in [1.165, 1.54) is 5.56 Å². The second-order valence-corrected chi connectivity index (χ2v) is 4.15. The fourth-order valence-corrected chi connectivity index (χ4v) is 1.63. The molecule has 1 aromatic rings. The third-order valence-electron chi connectivity index (χ3n) is 2.44. The number of rotatable bonds is 4. The molecule has 0 aliphatic rings. The maximum absolute atomic E-state index is 10.9. The highest BCUT2D eigenvalue weighted by atomic mass is 16.1. The number of benzene rings is 1. The molecule has 80 valence electrons. The first-order valence-electron chi connectivity index (χ1n) is 5.35. The minimum atomic E-state index is 0.108. The molecule has 0 saturated carbocycles. The van der Waals surface area contributed by atoms with Crippen molar-refractivity contribution in [1.29, 1.82) is 0 Å². The summed E-state index contributed by atoms with van der Waals surface area (Å²) in [5.41, 5.74) is 1.27. The van der Waals surface area contributed by atoms with Gasteiger partial charge in [-0.25, -0.2) is 0 Å². The normalized spacial score (nSPS) is 13.3. The first kappa shape index (κ1) is 11.7. The Kier molecular flexibility index (Phi) is 4.29. The minimum Gasteiger partial charge on any atom is -0.295 e. The van der Waals surface area contributed by atoms with Crippen LogP contribution in [0.2, 0.25) is 0 Å². The Bertz CT molecular complexity index is 336. The van der Waals surface area contributed by atoms with Gasteiger partial charge in [0.15, 0.2) is 5.78 Å². The van der Waals surface area contributed by atoms with Crippen molar-refractivity contribution in [2.45, 2.75) is 26.7 Å². The molecular formula is C14H18O. The van der Waals surface area contributed by atoms with E-state index >= 15 is 0 Å². The molecule has 1 rings (SSSR count). The van der Waals surface area contributed by atoms with Gasteiger partial charge in [-0.2, -0.15) is 0 Å². The molecule has 0 fully saturated rings. The molecular weight excluding hydrogens is 184 g/mol. The summed E-state index contributed by atoms with van der Waals surface area (Å²) in [6, 6.07) is 10.3. The van der Waals surface area contributed by atoms with Gasteiger partial charge in [0.2, 0.25) is 0 Å². The van der Waals surface area contributed by atoms with Crippen molar-refractivity contribution in [3.63, 3.8) is 0 Å². The van der Waals surface area contributed by atoms with Gasteiger partial charge in [0.05, 0.1) is 0 Å². The summed E-state index contributed by atoms with van der Waals surface area (Å²) < 4.78 is 0. The van der Waals surface area contributed by atoms with Crippen LogP contribution in [0.15, 0.2) is 42.5 Å². The van der Waals surface area contributed by atoms with Crippen molar-refractivity contribution in [3.8, 4) is 0 Å². The summed E-state index contributed by atoms with van der Waals surface area (Å²) in [6.07, 6.45) is 3.67. The molecule has 1 atom stereocenters. The third kappa shape index (κ3) is 3.70. The van der Waals surface area contributed by atoms with Gasteiger partial charge in [-0.3, -0.25) is 4.79 Å². The lowest BCUT2D eigenvalue weighted by molar-refractivity contribution is -0.112. The van der Waals surface area contributed by atoms with Gasteiger partial charge in [-0.15, -0.1) is 0 Å². The predicted molar refractivity (Wildman–Crippen MR) is 63.8 cm³/mol. The molecule has 0 amide bonds. The van der Waals surface area contributed by atoms with Crippen LogP contribution in [-0.2, 0) is 4.79 Å². The highest BCUT2D eigenvalue weighted by molar-refractivity contribution is 5.87. The van der Waals surface area contributed by atoms with Gasteiger partial charge in [0.25, 0.3) is 0 Å². The SMILES string of the molecule is CC(=O)/C=C/C(c1ccccc1)C(C)C. The van der Waals surface area contributed by atoms with Crippen LogP contribution in [0, 0.1) is 5.92 Å². The first-order valence-corrected chi connectivity index (χ1v) is 5.35. The van der Waals surface area contributed by atoms with E-state index < -0.39 is 0 Å². The van der Waals surface area contributed by atoms with E-state index in [0.717, 1.165) is 0 Å². The molecule has 0 radical (unpaired) electrons. The molecule has 0 N–H and O–H groups in total. The van der Waals surface area contributed by atoms with Gasteiger partial charge in [-0.05, 0) is 24.5 Å². The minimum absolute atomic E-state index is 0.108. The second kappa shape index (κ2) is 5.50. The highest BCUT2D eigenvalue weighted by Crippen LogP contribution is 2.25. The predicted octanol–water partition coefficient (Wildman–Crippen LogP) is 3.57. The van der Waals surface area contributed by atoms with E-state index in [1.54, 1.807) is 13.0 Å². The molecule has 0 heterocycles. The van der Waals surface area contributed by atoms with E-state index in [4.69, 9.17) is 0 Å². The Morgan fingerprint density at radius 3 is 2.27 bits per heavy atom. The molecule has 1 heteroatoms. The van der Waals surface area contributed by atoms with Gasteiger partial charge >= 0.3 is 0 Å². The van der Waals surface area contributed by atoms with Gasteiger partial charge in [-0.1, -0.05) is 50.3 Å². The van der Waals surface area contributed by atoms with Gasteiger partial charge in [0.1, 0.15) is 0 Å². The molecule has 1 aromatic carbocycles. The zero-order valence-corrected chi connectivity index (χ0v) is 9.60. The van der Waals surface area contributed by atoms with Crippen LogP contribution >= 0.6 is 0 Å². The average Bonchev–Trinajstić information content (AvgIpc) is 2.18. The third-order valence-corrected chi connectivity index (χ3v) is 2.44. The summed E-state index contributed by atoms with van der Waals surface area (Å²) in [4.78, 5) is 10.9. The summed E-state index contributed by atoms with van der Waals surface area (Å²) in [7, 11) is 0. The van der Waals surface area contributed by atoms with Crippen LogP contribution in [0.25, 0.3) is 0 Å². The summed E-state index contributed by atoms with van der Waals surface area (Å²) >= 11 is 0. The topological polar surface area (TPSA) is 17.1 Å². The van der Waals surface area contributed by atoms with E-state index in [0.29, 0.717) is 11.8 Å². The quantitative estimate of drug-likeness (QED) is 0.682. The molecule has 0 aliphatic carbocycles. The van der Waals surface area contributed by atoms with Crippen LogP contribution in [0.5, 0.6) is 0 Å². The number of hydrogen-bond acceptors (Lipinski definition) is 1. The average molecular weight is 202 g/mol. The standard InChI is InChI=1S/C14H18O/c1-11(2)14(10-9-12(3)15)13-7-5-4-6-8-13/h4-11,14H,1-3H3/b10-9+. The lowest BCUT2D eigenvalue weighted by Crippen LogP contribution is -2.04. The second-order valence-electron chi connectivity index (χ2n) is 4.15. The molecule has 0 bridgehead atoms. The van der Waals surface area contributed by atoms with Gasteiger partial charge < -0.3 is 0 Å². The molecule has 1 nitrogen and oxygen atoms in total. The summed E-state index contributed by atoms with van der Waals surface area (Å²) in [5.74, 6) is 0.940. The number of allylic oxidation sites excluding steroid dienone is 2. The molecule has 0 saturated heterocycles. The zero-order valence-electron chi connectivity index (χ0n) is 9.60. The smallest absolute Gasteiger partial charge is 0.152 e. The summed E-state index contributed by atoms with van der Waals surface area (Å²) in [6.45, 7) is 5.92. The molecule has 1 unspecified atom stereocenters. The van der Waals surface area contributed by atoms with Crippen molar-refractivity contribution in [1.82, 2.24) is 0 Å². The number of carbonyl (C=O) groups excluding carboxylic acids is 1. The Morgan fingerprint density at radius 2 is 1.80 bits per heavy atom. The Hall–Kier alpha value is -1.37. The Morgan fingerprint density at radius 1 is 1.20 bits per heavy atom. The van der Waals surface area contributed by atoms with Gasteiger partial charge in [0, 0.05) is 5.92 Å². The maximum atomic E-state index is 10.9. The molecule has 0 spiro atoms. The fourth-order valence-electron chi connectivity index (χ4n) is 1.63. The highest BCUT2D eigenvalue weighted by Gasteiger charge is 2.11. The lowest BCUT2D eigenvalue weighted by Gasteiger charge is -2.17. The first-order chi connectivity index (χ1) is 7.11. The zero-order chi connectivity index (χ0) is 11.3. The van der Waals surface area contributed by atoms with E-state index in [9.17, 15) is 4.79 Å². The largest absolute Gasteiger partial charge is 0.295 e. The van der Waals surface area contributed by atoms with Crippen molar-refractivity contribution in [2.75, 3.05) is 0 Å². The Labute approximate surface area is 91.8 Å². The van der Waals surface area contributed by atoms with Crippen LogP contribution < -0.4 is 0 Å². The molecule has 0 aliphatic heterocycles. The van der Waals surface area contributed by atoms with Crippen molar-refractivity contribution in [2.24, 2.45) is 5.92 Å². The van der Waals surface area contributed by atoms with E-state index in [-0.39, 0.29) is 5.78 Å². The van der Waals surface area contributed by atoms with Crippen LogP contribution in [0.4, 0.5) is 0 Å². The monoisotopic (exact) mass is 202 g/mol. The van der Waals surface area contributed by atoms with Crippen LogP contribution in [0.1, 0.15) is 32.3 Å².